The molecular formula is C35H73N5O. The lowest BCUT2D eigenvalue weighted by Gasteiger charge is -2.34. The summed E-state index contributed by atoms with van der Waals surface area (Å²) in [6.07, 6.45) is 13.0. The largest absolute Gasteiger partial charge is 0.379 e. The van der Waals surface area contributed by atoms with Crippen LogP contribution < -0.4 is 0 Å². The third-order valence-electron chi connectivity index (χ3n) is 8.97. The molecule has 244 valence electrons. The summed E-state index contributed by atoms with van der Waals surface area (Å²) >= 11 is 0. The highest BCUT2D eigenvalue weighted by Gasteiger charge is 2.16. The number of nitrogens with zero attached hydrogens (tertiary/aromatic N) is 5. The van der Waals surface area contributed by atoms with Crippen LogP contribution in [0.1, 0.15) is 108 Å². The number of hydrogen-bond acceptors (Lipinski definition) is 6. The van der Waals surface area contributed by atoms with Crippen molar-refractivity contribution >= 4 is 0 Å². The van der Waals surface area contributed by atoms with E-state index >= 15 is 0 Å². The molecule has 0 aromatic heterocycles. The van der Waals surface area contributed by atoms with Crippen LogP contribution in [-0.4, -0.2) is 133 Å². The summed E-state index contributed by atoms with van der Waals surface area (Å²) in [5, 5.41) is 0. The molecule has 0 N–H and O–H groups in total. The summed E-state index contributed by atoms with van der Waals surface area (Å²) < 4.78 is 5.21. The van der Waals surface area contributed by atoms with Crippen molar-refractivity contribution in [2.45, 2.75) is 138 Å². The van der Waals surface area contributed by atoms with E-state index in [1.807, 2.05) is 0 Å². The minimum Gasteiger partial charge on any atom is -0.379 e. The van der Waals surface area contributed by atoms with Crippen molar-refractivity contribution in [2.24, 2.45) is 0 Å². The molecular weight excluding hydrogens is 506 g/mol. The van der Waals surface area contributed by atoms with Gasteiger partial charge in [0.2, 0.25) is 0 Å². The van der Waals surface area contributed by atoms with E-state index in [0.29, 0.717) is 12.1 Å². The Kier molecular flexibility index (Phi) is 21.6. The van der Waals surface area contributed by atoms with Gasteiger partial charge in [0, 0.05) is 56.4 Å². The maximum absolute atomic E-state index is 5.21. The molecule has 6 heteroatoms. The van der Waals surface area contributed by atoms with Gasteiger partial charge in [0.05, 0.1) is 13.2 Å². The number of morpholine rings is 1. The first kappa shape index (κ1) is 38.5. The summed E-state index contributed by atoms with van der Waals surface area (Å²) in [6.45, 7) is 36.9. The van der Waals surface area contributed by atoms with Crippen molar-refractivity contribution in [1.82, 2.24) is 24.5 Å². The lowest BCUT2D eigenvalue weighted by Crippen LogP contribution is -2.41. The first-order valence-corrected chi connectivity index (χ1v) is 17.5. The van der Waals surface area contributed by atoms with Gasteiger partial charge in [-0.3, -0.25) is 9.80 Å². The molecule has 0 radical (unpaired) electrons. The number of rotatable bonds is 5. The molecule has 5 heterocycles. The van der Waals surface area contributed by atoms with Crippen LogP contribution in [0.4, 0.5) is 0 Å². The number of piperidine rings is 1. The van der Waals surface area contributed by atoms with Gasteiger partial charge in [-0.05, 0) is 141 Å². The number of hydrogen-bond donors (Lipinski definition) is 0. The van der Waals surface area contributed by atoms with Gasteiger partial charge >= 0.3 is 0 Å². The molecule has 6 nitrogen and oxygen atoms in total. The molecule has 5 aliphatic rings. The van der Waals surface area contributed by atoms with Crippen LogP contribution in [0.15, 0.2) is 12.2 Å². The summed E-state index contributed by atoms with van der Waals surface area (Å²) in [5.74, 6) is 0. The van der Waals surface area contributed by atoms with Crippen molar-refractivity contribution < 1.29 is 4.74 Å². The second-order valence-electron chi connectivity index (χ2n) is 13.8. The Balaban J connectivity index is 0.000000257. The standard InChI is InChI=1S/C8H17N.C7H15NO.C7H15N.C7H13N.C6H13N/c1-8(2)9-6-4-3-5-7-9;1-7(2)8-3-5-9-6-4-8;2*1-7(2)8-5-3-4-6-8;1-6(2)7-4-3-5-7/h8H,3-7H2,1-2H3;7H,3-6H2,1-2H3;7H,3-6H2,1-2H3;3-4,7H,5-6H2,1-2H3;6H,3-5H2,1-2H3. The fraction of sp³-hybridized carbons (Fsp3) is 0.943. The Morgan fingerprint density at radius 3 is 0.878 bits per heavy atom. The molecule has 0 saturated carbocycles. The highest BCUT2D eigenvalue weighted by atomic mass is 16.5. The molecule has 0 amide bonds. The van der Waals surface area contributed by atoms with Crippen LogP contribution in [0.3, 0.4) is 0 Å². The highest BCUT2D eigenvalue weighted by Crippen LogP contribution is 2.11. The van der Waals surface area contributed by atoms with Crippen LogP contribution in [-0.2, 0) is 4.74 Å². The molecule has 0 aromatic rings. The van der Waals surface area contributed by atoms with E-state index in [1.54, 1.807) is 0 Å². The average molecular weight is 580 g/mol. The monoisotopic (exact) mass is 580 g/mol. The second kappa shape index (κ2) is 23.0. The fourth-order valence-electron chi connectivity index (χ4n) is 5.56. The van der Waals surface area contributed by atoms with E-state index in [-0.39, 0.29) is 0 Å². The van der Waals surface area contributed by atoms with Gasteiger partial charge < -0.3 is 19.4 Å². The summed E-state index contributed by atoms with van der Waals surface area (Å²) in [4.78, 5) is 12.4. The Morgan fingerprint density at radius 2 is 0.659 bits per heavy atom. The van der Waals surface area contributed by atoms with E-state index in [1.165, 1.54) is 77.8 Å². The molecule has 4 saturated heterocycles. The number of likely N-dealkylation sites (tertiary alicyclic amines) is 3. The molecule has 0 spiro atoms. The molecule has 0 bridgehead atoms. The van der Waals surface area contributed by atoms with E-state index in [4.69, 9.17) is 4.74 Å². The minimum atomic E-state index is 0.689. The fourth-order valence-corrected chi connectivity index (χ4v) is 5.56. The Bertz CT molecular complexity index is 578. The topological polar surface area (TPSA) is 25.4 Å². The summed E-state index contributed by atoms with van der Waals surface area (Å²) in [5.41, 5.74) is 0. The van der Waals surface area contributed by atoms with Crippen molar-refractivity contribution in [1.29, 1.82) is 0 Å². The van der Waals surface area contributed by atoms with Crippen LogP contribution in [0.5, 0.6) is 0 Å². The van der Waals surface area contributed by atoms with Gasteiger partial charge in [-0.15, -0.1) is 0 Å². The molecule has 4 fully saturated rings. The Hall–Kier alpha value is -0.500. The van der Waals surface area contributed by atoms with E-state index in [9.17, 15) is 0 Å². The first-order valence-electron chi connectivity index (χ1n) is 17.5. The molecule has 0 atom stereocenters. The maximum atomic E-state index is 5.21. The molecule has 0 aromatic carbocycles. The van der Waals surface area contributed by atoms with Crippen molar-refractivity contribution in [3.63, 3.8) is 0 Å². The summed E-state index contributed by atoms with van der Waals surface area (Å²) in [6, 6.07) is 3.73. The second-order valence-corrected chi connectivity index (χ2v) is 13.8. The van der Waals surface area contributed by atoms with Crippen molar-refractivity contribution in [3.8, 4) is 0 Å². The van der Waals surface area contributed by atoms with E-state index < -0.39 is 0 Å². The van der Waals surface area contributed by atoms with Gasteiger partial charge in [0.25, 0.3) is 0 Å². The van der Waals surface area contributed by atoms with Gasteiger partial charge in [-0.25, -0.2) is 0 Å². The summed E-state index contributed by atoms with van der Waals surface area (Å²) in [7, 11) is 0. The molecule has 5 rings (SSSR count). The predicted octanol–water partition coefficient (Wildman–Crippen LogP) is 6.47. The quantitative estimate of drug-likeness (QED) is 0.347. The van der Waals surface area contributed by atoms with Gasteiger partial charge in [0.1, 0.15) is 0 Å². The molecule has 41 heavy (non-hydrogen) atoms. The van der Waals surface area contributed by atoms with Crippen LogP contribution >= 0.6 is 0 Å². The Labute approximate surface area is 257 Å². The zero-order valence-electron chi connectivity index (χ0n) is 29.4. The Morgan fingerprint density at radius 1 is 0.366 bits per heavy atom. The van der Waals surface area contributed by atoms with Gasteiger partial charge in [-0.1, -0.05) is 18.6 Å². The van der Waals surface area contributed by atoms with E-state index in [0.717, 1.165) is 57.5 Å². The van der Waals surface area contributed by atoms with E-state index in [2.05, 4.69) is 106 Å². The smallest absolute Gasteiger partial charge is 0.0594 e. The predicted molar refractivity (Wildman–Crippen MR) is 181 cm³/mol. The van der Waals surface area contributed by atoms with Crippen LogP contribution in [0.25, 0.3) is 0 Å². The zero-order chi connectivity index (χ0) is 30.6. The third-order valence-corrected chi connectivity index (χ3v) is 8.97. The molecule has 0 unspecified atom stereocenters. The highest BCUT2D eigenvalue weighted by molar-refractivity contribution is 4.96. The van der Waals surface area contributed by atoms with Gasteiger partial charge in [-0.2, -0.15) is 0 Å². The molecule has 5 aliphatic heterocycles. The maximum Gasteiger partial charge on any atom is 0.0594 e. The SMILES string of the molecule is CC(C)N1CC=CC1.CC(C)N1CCC1.CC(C)N1CCCC1.CC(C)N1CCCCC1.CC(C)N1CCOCC1. The van der Waals surface area contributed by atoms with Crippen LogP contribution in [0, 0.1) is 0 Å². The normalized spacial score (nSPS) is 22.5. The number of ether oxygens (including phenoxy) is 1. The minimum absolute atomic E-state index is 0.689. The average Bonchev–Trinajstić information content (AvgIpc) is 3.65. The lowest BCUT2D eigenvalue weighted by atomic mass is 10.1. The molecule has 0 aliphatic carbocycles. The first-order chi connectivity index (χ1) is 19.5. The zero-order valence-corrected chi connectivity index (χ0v) is 29.4. The lowest BCUT2D eigenvalue weighted by molar-refractivity contribution is 0.0238. The van der Waals surface area contributed by atoms with Gasteiger partial charge in [0.15, 0.2) is 0 Å². The van der Waals surface area contributed by atoms with Crippen molar-refractivity contribution in [3.05, 3.63) is 12.2 Å². The third kappa shape index (κ3) is 18.0. The van der Waals surface area contributed by atoms with Crippen LogP contribution in [0.2, 0.25) is 0 Å². The van der Waals surface area contributed by atoms with Crippen molar-refractivity contribution in [2.75, 3.05) is 78.7 Å².